The third-order valence-electron chi connectivity index (χ3n) is 2.91. The quantitative estimate of drug-likeness (QED) is 0.800. The Hall–Kier alpha value is -0.120. The molecule has 16 heavy (non-hydrogen) atoms. The van der Waals surface area contributed by atoms with E-state index in [1.807, 2.05) is 0 Å². The number of nitrogens with two attached hydrogens (primary N) is 1. The molecule has 1 aliphatic rings. The molecule has 0 aliphatic carbocycles. The van der Waals surface area contributed by atoms with Gasteiger partial charge < -0.3 is 10.5 Å². The molecule has 0 aromatic rings. The van der Waals surface area contributed by atoms with Gasteiger partial charge in [-0.3, -0.25) is 4.90 Å². The molecule has 1 atom stereocenters. The molecule has 1 saturated heterocycles. The molecular weight excluding hydrogens is 200 g/mol. The van der Waals surface area contributed by atoms with Gasteiger partial charge in [0.15, 0.2) is 0 Å². The average Bonchev–Trinajstić information content (AvgIpc) is 1.96. The van der Waals surface area contributed by atoms with Crippen LogP contribution < -0.4 is 5.73 Å². The fraction of sp³-hybridized carbons (Fsp3) is 1.00. The molecule has 0 aromatic heterocycles. The van der Waals surface area contributed by atoms with Crippen LogP contribution in [0.15, 0.2) is 0 Å². The van der Waals surface area contributed by atoms with Crippen LogP contribution >= 0.6 is 0 Å². The molecule has 0 bridgehead atoms. The first kappa shape index (κ1) is 13.9. The Kier molecular flexibility index (Phi) is 4.38. The van der Waals surface area contributed by atoms with Crippen LogP contribution in [0.2, 0.25) is 0 Å². The van der Waals surface area contributed by atoms with E-state index in [0.717, 1.165) is 32.5 Å². The first-order valence-electron chi connectivity index (χ1n) is 6.42. The maximum atomic E-state index is 6.11. The van der Waals surface area contributed by atoms with E-state index >= 15 is 0 Å². The summed E-state index contributed by atoms with van der Waals surface area (Å²) in [5.41, 5.74) is 5.99. The van der Waals surface area contributed by atoms with Gasteiger partial charge in [-0.25, -0.2) is 0 Å². The second-order valence-electron chi connectivity index (χ2n) is 6.34. The molecule has 0 saturated carbocycles. The predicted molar refractivity (Wildman–Crippen MR) is 68.6 cm³/mol. The highest BCUT2D eigenvalue weighted by Crippen LogP contribution is 2.27. The van der Waals surface area contributed by atoms with Gasteiger partial charge in [-0.1, -0.05) is 13.3 Å². The van der Waals surface area contributed by atoms with Crippen LogP contribution in [0.25, 0.3) is 0 Å². The van der Waals surface area contributed by atoms with Crippen molar-refractivity contribution in [3.8, 4) is 0 Å². The van der Waals surface area contributed by atoms with Crippen molar-refractivity contribution in [2.45, 2.75) is 64.7 Å². The Morgan fingerprint density at radius 3 is 2.12 bits per heavy atom. The molecule has 3 heteroatoms. The Balaban J connectivity index is 2.54. The minimum absolute atomic E-state index is 0.0618. The summed E-state index contributed by atoms with van der Waals surface area (Å²) in [6, 6.07) is 0.301. The lowest BCUT2D eigenvalue weighted by Gasteiger charge is -2.47. The van der Waals surface area contributed by atoms with Crippen molar-refractivity contribution in [2.24, 2.45) is 5.73 Å². The highest BCUT2D eigenvalue weighted by Gasteiger charge is 2.38. The van der Waals surface area contributed by atoms with Crippen molar-refractivity contribution in [1.82, 2.24) is 4.90 Å². The van der Waals surface area contributed by atoms with Gasteiger partial charge in [0.25, 0.3) is 0 Å². The van der Waals surface area contributed by atoms with Gasteiger partial charge in [-0.2, -0.15) is 0 Å². The van der Waals surface area contributed by atoms with Crippen molar-refractivity contribution in [3.63, 3.8) is 0 Å². The van der Waals surface area contributed by atoms with E-state index in [4.69, 9.17) is 10.5 Å². The average molecular weight is 228 g/mol. The lowest BCUT2D eigenvalue weighted by Crippen LogP contribution is -2.58. The van der Waals surface area contributed by atoms with Gasteiger partial charge in [0.05, 0.1) is 11.2 Å². The van der Waals surface area contributed by atoms with Crippen molar-refractivity contribution in [1.29, 1.82) is 0 Å². The highest BCUT2D eigenvalue weighted by molar-refractivity contribution is 4.90. The number of rotatable bonds is 4. The summed E-state index contributed by atoms with van der Waals surface area (Å²) < 4.78 is 6.05. The van der Waals surface area contributed by atoms with E-state index in [1.165, 1.54) is 0 Å². The molecule has 1 aliphatic heterocycles. The summed E-state index contributed by atoms with van der Waals surface area (Å²) in [6.07, 6.45) is 2.27. The Bertz CT molecular complexity index is 210. The van der Waals surface area contributed by atoms with Crippen LogP contribution in [0.3, 0.4) is 0 Å². The molecular formula is C13H28N2O. The van der Waals surface area contributed by atoms with Gasteiger partial charge in [0.1, 0.15) is 0 Å². The van der Waals surface area contributed by atoms with E-state index < -0.39 is 0 Å². The summed E-state index contributed by atoms with van der Waals surface area (Å²) in [5, 5.41) is 0. The van der Waals surface area contributed by atoms with Crippen molar-refractivity contribution in [2.75, 3.05) is 19.6 Å². The SMILES string of the molecule is CCCC(N)CN1CC(C)(C)OC(C)(C)C1. The molecule has 0 amide bonds. The predicted octanol–water partition coefficient (Wildman–Crippen LogP) is 2.00. The van der Waals surface area contributed by atoms with Crippen LogP contribution in [0.5, 0.6) is 0 Å². The van der Waals surface area contributed by atoms with E-state index in [0.29, 0.717) is 6.04 Å². The molecule has 1 fully saturated rings. The summed E-state index contributed by atoms with van der Waals surface area (Å²) in [6.45, 7) is 13.8. The molecule has 1 unspecified atom stereocenters. The first-order chi connectivity index (χ1) is 7.24. The number of nitrogens with zero attached hydrogens (tertiary/aromatic N) is 1. The van der Waals surface area contributed by atoms with E-state index in [1.54, 1.807) is 0 Å². The maximum Gasteiger partial charge on any atom is 0.0760 e. The minimum Gasteiger partial charge on any atom is -0.367 e. The van der Waals surface area contributed by atoms with Gasteiger partial charge in [0, 0.05) is 25.7 Å². The minimum atomic E-state index is -0.0618. The van der Waals surface area contributed by atoms with Crippen LogP contribution in [0.1, 0.15) is 47.5 Å². The Labute approximate surface area is 100 Å². The Morgan fingerprint density at radius 2 is 1.69 bits per heavy atom. The smallest absolute Gasteiger partial charge is 0.0760 e. The second kappa shape index (κ2) is 5.03. The van der Waals surface area contributed by atoms with Gasteiger partial charge in [-0.15, -0.1) is 0 Å². The number of hydrogen-bond donors (Lipinski definition) is 1. The second-order valence-corrected chi connectivity index (χ2v) is 6.34. The molecule has 2 N–H and O–H groups in total. The Morgan fingerprint density at radius 1 is 1.19 bits per heavy atom. The number of hydrogen-bond acceptors (Lipinski definition) is 3. The molecule has 0 spiro atoms. The van der Waals surface area contributed by atoms with Crippen LogP contribution in [-0.4, -0.2) is 41.8 Å². The highest BCUT2D eigenvalue weighted by atomic mass is 16.5. The molecule has 1 rings (SSSR count). The van der Waals surface area contributed by atoms with E-state index in [9.17, 15) is 0 Å². The topological polar surface area (TPSA) is 38.5 Å². The lowest BCUT2D eigenvalue weighted by atomic mass is 9.98. The van der Waals surface area contributed by atoms with Crippen molar-refractivity contribution < 1.29 is 4.74 Å². The molecule has 1 heterocycles. The van der Waals surface area contributed by atoms with E-state index in [-0.39, 0.29) is 11.2 Å². The van der Waals surface area contributed by atoms with Crippen molar-refractivity contribution in [3.05, 3.63) is 0 Å². The third-order valence-corrected chi connectivity index (χ3v) is 2.91. The van der Waals surface area contributed by atoms with Crippen LogP contribution in [-0.2, 0) is 4.74 Å². The monoisotopic (exact) mass is 228 g/mol. The van der Waals surface area contributed by atoms with E-state index in [2.05, 4.69) is 39.5 Å². The zero-order chi connectivity index (χ0) is 12.4. The van der Waals surface area contributed by atoms with Gasteiger partial charge >= 0.3 is 0 Å². The van der Waals surface area contributed by atoms with Gasteiger partial charge in [0.2, 0.25) is 0 Å². The lowest BCUT2D eigenvalue weighted by molar-refractivity contribution is -0.180. The van der Waals surface area contributed by atoms with Gasteiger partial charge in [-0.05, 0) is 34.1 Å². The molecule has 3 nitrogen and oxygen atoms in total. The summed E-state index contributed by atoms with van der Waals surface area (Å²) >= 11 is 0. The zero-order valence-electron chi connectivity index (χ0n) is 11.5. The maximum absolute atomic E-state index is 6.11. The van der Waals surface area contributed by atoms with Crippen LogP contribution in [0.4, 0.5) is 0 Å². The standard InChI is InChI=1S/C13H28N2O/c1-6-7-11(14)8-15-9-12(2,3)16-13(4,5)10-15/h11H,6-10,14H2,1-5H3. The summed E-state index contributed by atoms with van der Waals surface area (Å²) in [5.74, 6) is 0. The molecule has 96 valence electrons. The zero-order valence-corrected chi connectivity index (χ0v) is 11.5. The van der Waals surface area contributed by atoms with Crippen LogP contribution in [0, 0.1) is 0 Å². The molecule has 0 aromatic carbocycles. The first-order valence-corrected chi connectivity index (χ1v) is 6.42. The molecule has 0 radical (unpaired) electrons. The normalized spacial score (nSPS) is 26.6. The summed E-state index contributed by atoms with van der Waals surface area (Å²) in [7, 11) is 0. The number of ether oxygens (including phenoxy) is 1. The summed E-state index contributed by atoms with van der Waals surface area (Å²) in [4.78, 5) is 2.45. The third kappa shape index (κ3) is 4.40. The fourth-order valence-electron chi connectivity index (χ4n) is 2.87. The van der Waals surface area contributed by atoms with Crippen molar-refractivity contribution >= 4 is 0 Å². The number of morpholine rings is 1. The fourth-order valence-corrected chi connectivity index (χ4v) is 2.87. The largest absolute Gasteiger partial charge is 0.367 e.